The third kappa shape index (κ3) is 3.63. The fourth-order valence-electron chi connectivity index (χ4n) is 3.03. The monoisotopic (exact) mass is 293 g/mol. The van der Waals surface area contributed by atoms with E-state index in [1.165, 1.54) is 12.8 Å². The minimum atomic E-state index is 0.512. The Morgan fingerprint density at radius 1 is 1.29 bits per heavy atom. The fraction of sp³-hybridized carbons (Fsp3) is 0.733. The lowest BCUT2D eigenvalue weighted by atomic mass is 10.1. The molecule has 21 heavy (non-hydrogen) atoms. The second-order valence-corrected chi connectivity index (χ2v) is 5.53. The molecule has 0 aromatic carbocycles. The van der Waals surface area contributed by atoms with Crippen LogP contribution in [0, 0.1) is 6.92 Å². The Morgan fingerprint density at radius 3 is 2.57 bits per heavy atom. The number of anilines is 1. The van der Waals surface area contributed by atoms with Crippen molar-refractivity contribution in [1.82, 2.24) is 14.9 Å². The molecule has 0 radical (unpaired) electrons. The van der Waals surface area contributed by atoms with E-state index in [4.69, 9.17) is 10.5 Å². The van der Waals surface area contributed by atoms with Crippen molar-refractivity contribution in [2.24, 2.45) is 5.73 Å². The van der Waals surface area contributed by atoms with Crippen LogP contribution in [0.4, 0.5) is 5.82 Å². The van der Waals surface area contributed by atoms with Gasteiger partial charge < -0.3 is 15.4 Å². The first kappa shape index (κ1) is 16.0. The van der Waals surface area contributed by atoms with Crippen molar-refractivity contribution in [3.8, 4) is 5.88 Å². The molecular formula is C15H27N5O. The minimum absolute atomic E-state index is 0.512. The molecule has 0 spiro atoms. The van der Waals surface area contributed by atoms with Gasteiger partial charge in [0.2, 0.25) is 5.88 Å². The Labute approximate surface area is 127 Å². The number of nitrogens with two attached hydrogens (primary N) is 1. The summed E-state index contributed by atoms with van der Waals surface area (Å²) in [6.45, 7) is 8.99. The van der Waals surface area contributed by atoms with E-state index in [2.05, 4.69) is 26.7 Å². The zero-order chi connectivity index (χ0) is 15.2. The first-order valence-corrected chi connectivity index (χ1v) is 7.75. The van der Waals surface area contributed by atoms with Crippen molar-refractivity contribution >= 4 is 5.82 Å². The standard InChI is InChI=1S/C15H27N5O/c1-4-5-13(10-16)19-6-8-20(9-7-19)14-12(2)15(21-3)18-11-17-14/h11,13H,4-10,16H2,1-3H3. The maximum absolute atomic E-state index is 5.91. The van der Waals surface area contributed by atoms with Gasteiger partial charge in [-0.1, -0.05) is 13.3 Å². The van der Waals surface area contributed by atoms with Crippen LogP contribution in [0.15, 0.2) is 6.33 Å². The SMILES string of the molecule is CCCC(CN)N1CCN(c2ncnc(OC)c2C)CC1. The topological polar surface area (TPSA) is 67.5 Å². The van der Waals surface area contributed by atoms with Crippen LogP contribution in [0.1, 0.15) is 25.3 Å². The first-order chi connectivity index (χ1) is 10.2. The zero-order valence-corrected chi connectivity index (χ0v) is 13.4. The lowest BCUT2D eigenvalue weighted by molar-refractivity contribution is 0.179. The average Bonchev–Trinajstić information content (AvgIpc) is 2.53. The normalized spacial score (nSPS) is 17.8. The van der Waals surface area contributed by atoms with Crippen molar-refractivity contribution in [3.63, 3.8) is 0 Å². The molecule has 1 unspecified atom stereocenters. The average molecular weight is 293 g/mol. The second-order valence-electron chi connectivity index (χ2n) is 5.53. The van der Waals surface area contributed by atoms with Crippen LogP contribution in [-0.4, -0.2) is 60.7 Å². The summed E-state index contributed by atoms with van der Waals surface area (Å²) < 4.78 is 5.28. The van der Waals surface area contributed by atoms with E-state index in [1.54, 1.807) is 13.4 Å². The van der Waals surface area contributed by atoms with Gasteiger partial charge in [0.25, 0.3) is 0 Å². The van der Waals surface area contributed by atoms with Gasteiger partial charge in [-0.25, -0.2) is 9.97 Å². The number of piperazine rings is 1. The molecule has 1 atom stereocenters. The van der Waals surface area contributed by atoms with Gasteiger partial charge in [-0.15, -0.1) is 0 Å². The van der Waals surface area contributed by atoms with Gasteiger partial charge in [0.05, 0.1) is 12.7 Å². The Balaban J connectivity index is 2.01. The van der Waals surface area contributed by atoms with E-state index in [9.17, 15) is 0 Å². The second kappa shape index (κ2) is 7.56. The number of ether oxygens (including phenoxy) is 1. The van der Waals surface area contributed by atoms with Gasteiger partial charge in [0.15, 0.2) is 0 Å². The van der Waals surface area contributed by atoms with Gasteiger partial charge in [-0.2, -0.15) is 0 Å². The molecule has 6 heteroatoms. The molecule has 118 valence electrons. The highest BCUT2D eigenvalue weighted by molar-refractivity contribution is 5.50. The molecule has 2 rings (SSSR count). The molecule has 1 aromatic heterocycles. The summed E-state index contributed by atoms with van der Waals surface area (Å²) in [6, 6.07) is 0.512. The first-order valence-electron chi connectivity index (χ1n) is 7.75. The summed E-state index contributed by atoms with van der Waals surface area (Å²) in [5.41, 5.74) is 6.92. The number of methoxy groups -OCH3 is 1. The number of aromatic nitrogens is 2. The van der Waals surface area contributed by atoms with Crippen molar-refractivity contribution in [2.45, 2.75) is 32.7 Å². The third-order valence-electron chi connectivity index (χ3n) is 4.23. The van der Waals surface area contributed by atoms with Gasteiger partial charge in [0.1, 0.15) is 12.1 Å². The molecule has 0 saturated carbocycles. The lowest BCUT2D eigenvalue weighted by Crippen LogP contribution is -2.52. The van der Waals surface area contributed by atoms with Crippen LogP contribution < -0.4 is 15.4 Å². The Bertz CT molecular complexity index is 446. The quantitative estimate of drug-likeness (QED) is 0.845. The molecule has 1 aromatic rings. The molecule has 2 heterocycles. The van der Waals surface area contributed by atoms with E-state index in [-0.39, 0.29) is 0 Å². The highest BCUT2D eigenvalue weighted by Gasteiger charge is 2.24. The van der Waals surface area contributed by atoms with E-state index < -0.39 is 0 Å². The lowest BCUT2D eigenvalue weighted by Gasteiger charge is -2.39. The smallest absolute Gasteiger partial charge is 0.221 e. The summed E-state index contributed by atoms with van der Waals surface area (Å²) >= 11 is 0. The molecule has 6 nitrogen and oxygen atoms in total. The van der Waals surface area contributed by atoms with Crippen LogP contribution in [-0.2, 0) is 0 Å². The third-order valence-corrected chi connectivity index (χ3v) is 4.23. The van der Waals surface area contributed by atoms with E-state index in [1.807, 2.05) is 6.92 Å². The molecule has 0 amide bonds. The van der Waals surface area contributed by atoms with Crippen molar-refractivity contribution in [2.75, 3.05) is 44.7 Å². The molecule has 0 aliphatic carbocycles. The summed E-state index contributed by atoms with van der Waals surface area (Å²) in [6.07, 6.45) is 3.94. The maximum atomic E-state index is 5.91. The van der Waals surface area contributed by atoms with E-state index in [0.717, 1.165) is 44.1 Å². The van der Waals surface area contributed by atoms with Crippen molar-refractivity contribution < 1.29 is 4.74 Å². The number of hydrogen-bond acceptors (Lipinski definition) is 6. The fourth-order valence-corrected chi connectivity index (χ4v) is 3.03. The molecule has 1 aliphatic rings. The van der Waals surface area contributed by atoms with Gasteiger partial charge in [-0.05, 0) is 13.3 Å². The van der Waals surface area contributed by atoms with Crippen LogP contribution in [0.5, 0.6) is 5.88 Å². The van der Waals surface area contributed by atoms with Crippen LogP contribution >= 0.6 is 0 Å². The summed E-state index contributed by atoms with van der Waals surface area (Å²) in [5, 5.41) is 0. The van der Waals surface area contributed by atoms with Crippen molar-refractivity contribution in [1.29, 1.82) is 0 Å². The number of nitrogens with zero attached hydrogens (tertiary/aromatic N) is 4. The maximum Gasteiger partial charge on any atom is 0.221 e. The minimum Gasteiger partial charge on any atom is -0.481 e. The molecule has 1 saturated heterocycles. The molecule has 2 N–H and O–H groups in total. The van der Waals surface area contributed by atoms with E-state index >= 15 is 0 Å². The predicted molar refractivity (Wildman–Crippen MR) is 84.9 cm³/mol. The molecular weight excluding hydrogens is 266 g/mol. The summed E-state index contributed by atoms with van der Waals surface area (Å²) in [5.74, 6) is 1.65. The van der Waals surface area contributed by atoms with E-state index in [0.29, 0.717) is 11.9 Å². The van der Waals surface area contributed by atoms with Gasteiger partial charge in [0, 0.05) is 38.8 Å². The Hall–Kier alpha value is -1.40. The Morgan fingerprint density at radius 2 is 2.00 bits per heavy atom. The highest BCUT2D eigenvalue weighted by atomic mass is 16.5. The number of rotatable bonds is 6. The Kier molecular flexibility index (Phi) is 5.76. The summed E-state index contributed by atoms with van der Waals surface area (Å²) in [4.78, 5) is 13.4. The van der Waals surface area contributed by atoms with Crippen LogP contribution in [0.3, 0.4) is 0 Å². The number of hydrogen-bond donors (Lipinski definition) is 1. The van der Waals surface area contributed by atoms with Crippen LogP contribution in [0.25, 0.3) is 0 Å². The van der Waals surface area contributed by atoms with Gasteiger partial charge in [-0.3, -0.25) is 4.90 Å². The zero-order valence-electron chi connectivity index (χ0n) is 13.4. The van der Waals surface area contributed by atoms with Crippen molar-refractivity contribution in [3.05, 3.63) is 11.9 Å². The van der Waals surface area contributed by atoms with Crippen LogP contribution in [0.2, 0.25) is 0 Å². The molecule has 0 bridgehead atoms. The largest absolute Gasteiger partial charge is 0.481 e. The highest BCUT2D eigenvalue weighted by Crippen LogP contribution is 2.24. The van der Waals surface area contributed by atoms with Gasteiger partial charge >= 0.3 is 0 Å². The molecule has 1 aliphatic heterocycles. The predicted octanol–water partition coefficient (Wildman–Crippen LogP) is 1.04. The molecule has 1 fully saturated rings. The summed E-state index contributed by atoms with van der Waals surface area (Å²) in [7, 11) is 1.65.